The fraction of sp³-hybridized carbons (Fsp3) is 0.800. The van der Waals surface area contributed by atoms with E-state index in [9.17, 15) is 4.79 Å². The molecular formula is C5H9BrO4. The summed E-state index contributed by atoms with van der Waals surface area (Å²) in [6.45, 7) is -0.309. The Morgan fingerprint density at radius 3 is 2.60 bits per heavy atom. The molecule has 0 saturated heterocycles. The van der Waals surface area contributed by atoms with Gasteiger partial charge >= 0.3 is 5.97 Å². The molecule has 10 heavy (non-hydrogen) atoms. The standard InChI is InChI=1S/C5H9BrO4/c1-10-5(9)4(8)3(6)2-7/h3-4,7-8H,2H2,1H3/t3-,4+/m1/s1. The summed E-state index contributed by atoms with van der Waals surface area (Å²) in [4.78, 5) is 9.85. The lowest BCUT2D eigenvalue weighted by Crippen LogP contribution is -2.33. The number of carbonyl (C=O) groups is 1. The van der Waals surface area contributed by atoms with Gasteiger partial charge in [0.05, 0.1) is 18.5 Å². The van der Waals surface area contributed by atoms with Crippen molar-refractivity contribution in [2.45, 2.75) is 10.9 Å². The predicted molar refractivity (Wildman–Crippen MR) is 37.8 cm³/mol. The molecule has 0 unspecified atom stereocenters. The van der Waals surface area contributed by atoms with Crippen molar-refractivity contribution in [2.75, 3.05) is 13.7 Å². The Labute approximate surface area is 66.9 Å². The second kappa shape index (κ2) is 4.65. The van der Waals surface area contributed by atoms with E-state index in [1.54, 1.807) is 0 Å². The first kappa shape index (κ1) is 9.87. The van der Waals surface area contributed by atoms with Gasteiger partial charge in [-0.25, -0.2) is 4.79 Å². The number of alkyl halides is 1. The van der Waals surface area contributed by atoms with Crippen LogP contribution in [0.3, 0.4) is 0 Å². The van der Waals surface area contributed by atoms with Crippen LogP contribution in [0.2, 0.25) is 0 Å². The number of aliphatic hydroxyl groups is 2. The number of ether oxygens (including phenoxy) is 1. The Balaban J connectivity index is 3.81. The van der Waals surface area contributed by atoms with Gasteiger partial charge in [0.2, 0.25) is 0 Å². The van der Waals surface area contributed by atoms with Crippen LogP contribution < -0.4 is 0 Å². The Kier molecular flexibility index (Phi) is 4.59. The summed E-state index contributed by atoms with van der Waals surface area (Å²) in [5.41, 5.74) is 0. The zero-order chi connectivity index (χ0) is 8.15. The minimum atomic E-state index is -1.30. The molecule has 60 valence electrons. The number of halogens is 1. The third-order valence-corrected chi connectivity index (χ3v) is 1.75. The van der Waals surface area contributed by atoms with Gasteiger partial charge in [-0.2, -0.15) is 0 Å². The van der Waals surface area contributed by atoms with E-state index in [4.69, 9.17) is 10.2 Å². The van der Waals surface area contributed by atoms with Crippen molar-refractivity contribution >= 4 is 21.9 Å². The molecule has 0 aromatic carbocycles. The SMILES string of the molecule is COC(=O)[C@@H](O)[C@H](Br)CO. The van der Waals surface area contributed by atoms with E-state index in [1.165, 1.54) is 7.11 Å². The van der Waals surface area contributed by atoms with Crippen LogP contribution >= 0.6 is 15.9 Å². The average Bonchev–Trinajstić information content (AvgIpc) is 2.00. The summed E-state index contributed by atoms with van der Waals surface area (Å²) >= 11 is 2.88. The van der Waals surface area contributed by atoms with Crippen molar-refractivity contribution in [1.82, 2.24) is 0 Å². The van der Waals surface area contributed by atoms with Crippen molar-refractivity contribution < 1.29 is 19.7 Å². The predicted octanol–water partition coefficient (Wildman–Crippen LogP) is -0.724. The summed E-state index contributed by atoms with van der Waals surface area (Å²) in [5, 5.41) is 17.3. The maximum Gasteiger partial charge on any atom is 0.335 e. The van der Waals surface area contributed by atoms with Gasteiger partial charge < -0.3 is 14.9 Å². The molecule has 0 bridgehead atoms. The molecule has 5 heteroatoms. The molecule has 0 rings (SSSR count). The summed E-state index contributed by atoms with van der Waals surface area (Å²) < 4.78 is 4.20. The third-order valence-electron chi connectivity index (χ3n) is 0.960. The summed E-state index contributed by atoms with van der Waals surface area (Å²) in [6.07, 6.45) is -1.30. The van der Waals surface area contributed by atoms with Crippen molar-refractivity contribution in [2.24, 2.45) is 0 Å². The van der Waals surface area contributed by atoms with E-state index in [1.807, 2.05) is 0 Å². The summed E-state index contributed by atoms with van der Waals surface area (Å²) in [5.74, 6) is -0.754. The van der Waals surface area contributed by atoms with E-state index in [0.29, 0.717) is 0 Å². The molecule has 0 saturated carbocycles. The van der Waals surface area contributed by atoms with Gasteiger partial charge in [0.1, 0.15) is 0 Å². The van der Waals surface area contributed by atoms with Crippen LogP contribution in [-0.4, -0.2) is 40.8 Å². The van der Waals surface area contributed by atoms with Crippen molar-refractivity contribution in [1.29, 1.82) is 0 Å². The first-order valence-electron chi connectivity index (χ1n) is 2.64. The highest BCUT2D eigenvalue weighted by molar-refractivity contribution is 9.09. The van der Waals surface area contributed by atoms with Crippen LogP contribution in [0.25, 0.3) is 0 Å². The molecule has 2 atom stereocenters. The first-order chi connectivity index (χ1) is 4.63. The molecular weight excluding hydrogens is 204 g/mol. The van der Waals surface area contributed by atoms with E-state index in [-0.39, 0.29) is 6.61 Å². The van der Waals surface area contributed by atoms with Crippen LogP contribution in [0.4, 0.5) is 0 Å². The van der Waals surface area contributed by atoms with E-state index >= 15 is 0 Å². The average molecular weight is 213 g/mol. The van der Waals surface area contributed by atoms with Crippen molar-refractivity contribution in [3.63, 3.8) is 0 Å². The normalized spacial score (nSPS) is 16.0. The van der Waals surface area contributed by atoms with Gasteiger partial charge in [-0.05, 0) is 0 Å². The number of hydrogen-bond donors (Lipinski definition) is 2. The number of esters is 1. The maximum atomic E-state index is 10.5. The van der Waals surface area contributed by atoms with Gasteiger partial charge in [0, 0.05) is 0 Å². The third kappa shape index (κ3) is 2.64. The molecule has 0 aliphatic carbocycles. The number of rotatable bonds is 3. The van der Waals surface area contributed by atoms with Crippen LogP contribution in [-0.2, 0) is 9.53 Å². The molecule has 4 nitrogen and oxygen atoms in total. The van der Waals surface area contributed by atoms with E-state index in [0.717, 1.165) is 0 Å². The highest BCUT2D eigenvalue weighted by Gasteiger charge is 2.23. The molecule has 0 aliphatic heterocycles. The van der Waals surface area contributed by atoms with E-state index < -0.39 is 16.9 Å². The largest absolute Gasteiger partial charge is 0.467 e. The van der Waals surface area contributed by atoms with Gasteiger partial charge in [0.15, 0.2) is 6.10 Å². The zero-order valence-electron chi connectivity index (χ0n) is 5.45. The van der Waals surface area contributed by atoms with Gasteiger partial charge in [0.25, 0.3) is 0 Å². The quantitative estimate of drug-likeness (QED) is 0.479. The van der Waals surface area contributed by atoms with Crippen LogP contribution in [0.15, 0.2) is 0 Å². The molecule has 0 amide bonds. The molecule has 0 aliphatic rings. The minimum absolute atomic E-state index is 0.309. The maximum absolute atomic E-state index is 10.5. The smallest absolute Gasteiger partial charge is 0.335 e. The van der Waals surface area contributed by atoms with Gasteiger partial charge in [-0.3, -0.25) is 0 Å². The van der Waals surface area contributed by atoms with Crippen LogP contribution in [0, 0.1) is 0 Å². The topological polar surface area (TPSA) is 66.8 Å². The Hall–Kier alpha value is -0.130. The number of methoxy groups -OCH3 is 1. The lowest BCUT2D eigenvalue weighted by Gasteiger charge is -2.11. The Morgan fingerprint density at radius 1 is 1.80 bits per heavy atom. The highest BCUT2D eigenvalue weighted by atomic mass is 79.9. The Bertz CT molecular complexity index is 116. The first-order valence-corrected chi connectivity index (χ1v) is 3.56. The molecule has 0 radical (unpaired) electrons. The van der Waals surface area contributed by atoms with Crippen molar-refractivity contribution in [3.05, 3.63) is 0 Å². The molecule has 0 fully saturated rings. The zero-order valence-corrected chi connectivity index (χ0v) is 7.04. The van der Waals surface area contributed by atoms with Gasteiger partial charge in [-0.15, -0.1) is 0 Å². The molecule has 0 aromatic heterocycles. The number of carbonyl (C=O) groups excluding carboxylic acids is 1. The monoisotopic (exact) mass is 212 g/mol. The van der Waals surface area contributed by atoms with E-state index in [2.05, 4.69) is 20.7 Å². The summed E-state index contributed by atoms with van der Waals surface area (Å²) in [6, 6.07) is 0. The second-order valence-corrected chi connectivity index (χ2v) is 2.84. The van der Waals surface area contributed by atoms with Gasteiger partial charge in [-0.1, -0.05) is 15.9 Å². The summed E-state index contributed by atoms with van der Waals surface area (Å²) in [7, 11) is 1.17. The molecule has 2 N–H and O–H groups in total. The van der Waals surface area contributed by atoms with Crippen molar-refractivity contribution in [3.8, 4) is 0 Å². The van der Waals surface area contributed by atoms with Crippen LogP contribution in [0.5, 0.6) is 0 Å². The van der Waals surface area contributed by atoms with Crippen LogP contribution in [0.1, 0.15) is 0 Å². The number of hydrogen-bond acceptors (Lipinski definition) is 4. The second-order valence-electron chi connectivity index (χ2n) is 1.67. The molecule has 0 aromatic rings. The lowest BCUT2D eigenvalue weighted by molar-refractivity contribution is -0.150. The number of aliphatic hydroxyl groups excluding tert-OH is 2. The molecule has 0 heterocycles. The Morgan fingerprint density at radius 2 is 2.30 bits per heavy atom. The highest BCUT2D eigenvalue weighted by Crippen LogP contribution is 2.05. The molecule has 0 spiro atoms. The fourth-order valence-corrected chi connectivity index (χ4v) is 0.584. The lowest BCUT2D eigenvalue weighted by atomic mass is 10.3. The minimum Gasteiger partial charge on any atom is -0.467 e. The fourth-order valence-electron chi connectivity index (χ4n) is 0.368.